The van der Waals surface area contributed by atoms with Crippen molar-refractivity contribution in [2.75, 3.05) is 12.4 Å². The number of rotatable bonds is 6. The average Bonchev–Trinajstić information content (AvgIpc) is 3.26. The number of carbonyl (C=O) groups is 2. The van der Waals surface area contributed by atoms with Gasteiger partial charge >= 0.3 is 5.97 Å². The number of ether oxygens (including phenoxy) is 2. The van der Waals surface area contributed by atoms with Crippen molar-refractivity contribution in [3.8, 4) is 0 Å². The Kier molecular flexibility index (Phi) is 5.27. The monoisotopic (exact) mass is 412 g/mol. The van der Waals surface area contributed by atoms with Crippen LogP contribution < -0.4 is 10.6 Å². The summed E-state index contributed by atoms with van der Waals surface area (Å²) in [5.41, 5.74) is 3.86. The first-order valence-electron chi connectivity index (χ1n) is 9.48. The Hall–Kier alpha value is -3.23. The SMILES string of the molecule is CO[C@H](C)C(NCc1ccc2c(c1)CO/C2=C1/C(=O)Nc2ccc(F)cc21)C(=O)O. The first kappa shape index (κ1) is 20.1. The normalized spacial score (nSPS) is 19.0. The highest BCUT2D eigenvalue weighted by Gasteiger charge is 2.33. The van der Waals surface area contributed by atoms with Gasteiger partial charge in [-0.2, -0.15) is 0 Å². The first-order chi connectivity index (χ1) is 14.4. The lowest BCUT2D eigenvalue weighted by Gasteiger charge is -2.20. The van der Waals surface area contributed by atoms with Gasteiger partial charge in [-0.3, -0.25) is 14.9 Å². The number of anilines is 1. The lowest BCUT2D eigenvalue weighted by Crippen LogP contribution is -2.45. The smallest absolute Gasteiger partial charge is 0.323 e. The predicted molar refractivity (Wildman–Crippen MR) is 108 cm³/mol. The van der Waals surface area contributed by atoms with E-state index >= 15 is 0 Å². The average molecular weight is 412 g/mol. The Morgan fingerprint density at radius 1 is 1.30 bits per heavy atom. The number of fused-ring (bicyclic) bond motifs is 2. The summed E-state index contributed by atoms with van der Waals surface area (Å²) < 4.78 is 24.7. The molecule has 0 spiro atoms. The number of halogens is 1. The topological polar surface area (TPSA) is 96.9 Å². The van der Waals surface area contributed by atoms with Crippen molar-refractivity contribution >= 4 is 28.9 Å². The lowest BCUT2D eigenvalue weighted by atomic mass is 9.99. The number of methoxy groups -OCH3 is 1. The summed E-state index contributed by atoms with van der Waals surface area (Å²) in [7, 11) is 1.47. The van der Waals surface area contributed by atoms with Gasteiger partial charge < -0.3 is 19.9 Å². The van der Waals surface area contributed by atoms with Crippen molar-refractivity contribution < 1.29 is 28.6 Å². The third-order valence-corrected chi connectivity index (χ3v) is 5.37. The zero-order valence-electron chi connectivity index (χ0n) is 16.5. The largest absolute Gasteiger partial charge is 0.487 e. The molecule has 30 heavy (non-hydrogen) atoms. The Bertz CT molecular complexity index is 1070. The molecule has 8 heteroatoms. The van der Waals surface area contributed by atoms with Crippen LogP contribution >= 0.6 is 0 Å². The van der Waals surface area contributed by atoms with Crippen molar-refractivity contribution in [2.24, 2.45) is 0 Å². The highest BCUT2D eigenvalue weighted by atomic mass is 19.1. The molecule has 4 rings (SSSR count). The van der Waals surface area contributed by atoms with Crippen LogP contribution in [-0.2, 0) is 32.2 Å². The predicted octanol–water partition coefficient (Wildman–Crippen LogP) is 2.75. The van der Waals surface area contributed by atoms with E-state index in [-0.39, 0.29) is 12.5 Å². The third kappa shape index (κ3) is 3.55. The molecule has 0 fully saturated rings. The summed E-state index contributed by atoms with van der Waals surface area (Å²) >= 11 is 0. The fraction of sp³-hybridized carbons (Fsp3) is 0.273. The van der Waals surface area contributed by atoms with Gasteiger partial charge in [-0.25, -0.2) is 4.39 Å². The van der Waals surface area contributed by atoms with Crippen molar-refractivity contribution in [3.63, 3.8) is 0 Å². The van der Waals surface area contributed by atoms with Crippen LogP contribution in [0.4, 0.5) is 10.1 Å². The molecule has 0 radical (unpaired) electrons. The van der Waals surface area contributed by atoms with Gasteiger partial charge in [0.2, 0.25) is 0 Å². The maximum Gasteiger partial charge on any atom is 0.323 e. The molecule has 2 aromatic rings. The van der Waals surface area contributed by atoms with Gasteiger partial charge in [-0.1, -0.05) is 18.2 Å². The minimum absolute atomic E-state index is 0.275. The fourth-order valence-electron chi connectivity index (χ4n) is 3.72. The molecule has 3 N–H and O–H groups in total. The van der Waals surface area contributed by atoms with Crippen LogP contribution in [0.15, 0.2) is 36.4 Å². The lowest BCUT2D eigenvalue weighted by molar-refractivity contribution is -0.142. The molecule has 0 aliphatic carbocycles. The van der Waals surface area contributed by atoms with E-state index in [0.717, 1.165) is 16.7 Å². The van der Waals surface area contributed by atoms with Crippen molar-refractivity contribution in [1.82, 2.24) is 5.32 Å². The van der Waals surface area contributed by atoms with Gasteiger partial charge in [0.1, 0.15) is 24.2 Å². The number of hydrogen-bond donors (Lipinski definition) is 3. The van der Waals surface area contributed by atoms with Crippen LogP contribution in [0.2, 0.25) is 0 Å². The van der Waals surface area contributed by atoms with Gasteiger partial charge in [0, 0.05) is 36.0 Å². The van der Waals surface area contributed by atoms with Crippen LogP contribution in [0.1, 0.15) is 29.2 Å². The van der Waals surface area contributed by atoms with Crippen LogP contribution in [0, 0.1) is 5.82 Å². The van der Waals surface area contributed by atoms with E-state index in [1.54, 1.807) is 6.92 Å². The molecular weight excluding hydrogens is 391 g/mol. The number of nitrogens with one attached hydrogen (secondary N) is 2. The molecular formula is C22H21FN2O5. The van der Waals surface area contributed by atoms with E-state index in [0.29, 0.717) is 29.1 Å². The van der Waals surface area contributed by atoms with Gasteiger partial charge in [-0.05, 0) is 30.7 Å². The molecule has 0 bridgehead atoms. The zero-order valence-corrected chi connectivity index (χ0v) is 16.5. The van der Waals surface area contributed by atoms with Gasteiger partial charge in [-0.15, -0.1) is 0 Å². The molecule has 156 valence electrons. The maximum atomic E-state index is 13.7. The number of carbonyl (C=O) groups excluding carboxylic acids is 1. The van der Waals surface area contributed by atoms with E-state index in [4.69, 9.17) is 9.47 Å². The second kappa shape index (κ2) is 7.89. The molecule has 2 aliphatic heterocycles. The summed E-state index contributed by atoms with van der Waals surface area (Å²) in [4.78, 5) is 23.9. The maximum absolute atomic E-state index is 13.7. The highest BCUT2D eigenvalue weighted by molar-refractivity contribution is 6.36. The number of amides is 1. The summed E-state index contributed by atoms with van der Waals surface area (Å²) in [6.07, 6.45) is -0.488. The number of benzene rings is 2. The van der Waals surface area contributed by atoms with Crippen LogP contribution in [0.25, 0.3) is 11.3 Å². The molecule has 2 heterocycles. The second-order valence-electron chi connectivity index (χ2n) is 7.27. The number of carboxylic acids is 1. The summed E-state index contributed by atoms with van der Waals surface area (Å²) in [5, 5.41) is 15.1. The van der Waals surface area contributed by atoms with Crippen LogP contribution in [0.5, 0.6) is 0 Å². The second-order valence-corrected chi connectivity index (χ2v) is 7.27. The Labute approximate surface area is 172 Å². The molecule has 2 aromatic carbocycles. The van der Waals surface area contributed by atoms with E-state index < -0.39 is 23.9 Å². The van der Waals surface area contributed by atoms with E-state index in [1.165, 1.54) is 25.3 Å². The number of hydrogen-bond acceptors (Lipinski definition) is 5. The van der Waals surface area contributed by atoms with Crippen LogP contribution in [-0.4, -0.2) is 36.2 Å². The van der Waals surface area contributed by atoms with Crippen LogP contribution in [0.3, 0.4) is 0 Å². The van der Waals surface area contributed by atoms with Gasteiger partial charge in [0.15, 0.2) is 0 Å². The Morgan fingerprint density at radius 3 is 2.83 bits per heavy atom. The zero-order chi connectivity index (χ0) is 21.4. The molecule has 0 aromatic heterocycles. The van der Waals surface area contributed by atoms with E-state index in [9.17, 15) is 19.1 Å². The third-order valence-electron chi connectivity index (χ3n) is 5.37. The summed E-state index contributed by atoms with van der Waals surface area (Å²) in [5.74, 6) is -1.33. The van der Waals surface area contributed by atoms with Crippen molar-refractivity contribution in [3.05, 3.63) is 64.5 Å². The molecule has 2 atom stereocenters. The standard InChI is InChI=1S/C22H21FN2O5/c1-11(29-2)19(22(27)28)24-9-12-3-5-15-13(7-12)10-30-20(15)18-16-8-14(23)4-6-17(16)25-21(18)26/h3-8,11,19,24H,9-10H2,1-2H3,(H,25,26)(H,27,28)/b20-18+/t11-,19?/m1/s1. The Balaban J connectivity index is 1.61. The number of carboxylic acid groups (broad SMARTS) is 1. The molecule has 1 amide bonds. The quantitative estimate of drug-likeness (QED) is 0.632. The molecule has 7 nitrogen and oxygen atoms in total. The molecule has 2 aliphatic rings. The molecule has 1 unspecified atom stereocenters. The minimum Gasteiger partial charge on any atom is -0.487 e. The summed E-state index contributed by atoms with van der Waals surface area (Å²) in [6, 6.07) is 8.89. The summed E-state index contributed by atoms with van der Waals surface area (Å²) in [6.45, 7) is 2.29. The van der Waals surface area contributed by atoms with Gasteiger partial charge in [0.05, 0.1) is 11.7 Å². The molecule has 0 saturated carbocycles. The fourth-order valence-corrected chi connectivity index (χ4v) is 3.72. The van der Waals surface area contributed by atoms with E-state index in [1.807, 2.05) is 18.2 Å². The Morgan fingerprint density at radius 2 is 2.10 bits per heavy atom. The van der Waals surface area contributed by atoms with Crippen molar-refractivity contribution in [1.29, 1.82) is 0 Å². The first-order valence-corrected chi connectivity index (χ1v) is 9.48. The highest BCUT2D eigenvalue weighted by Crippen LogP contribution is 2.41. The minimum atomic E-state index is -0.987. The molecule has 0 saturated heterocycles. The van der Waals surface area contributed by atoms with Crippen molar-refractivity contribution in [2.45, 2.75) is 32.2 Å². The number of aliphatic carboxylic acids is 1. The van der Waals surface area contributed by atoms with E-state index in [2.05, 4.69) is 10.6 Å². The van der Waals surface area contributed by atoms with Gasteiger partial charge in [0.25, 0.3) is 5.91 Å².